The number of unbranched alkanes of at least 4 members (excludes halogenated alkanes) is 5. The highest BCUT2D eigenvalue weighted by Gasteiger charge is 2.45. The Balaban J connectivity index is 1.54. The molecule has 1 aromatic rings. The van der Waals surface area contributed by atoms with Gasteiger partial charge in [-0.2, -0.15) is 0 Å². The van der Waals surface area contributed by atoms with Crippen LogP contribution in [0.3, 0.4) is 0 Å². The van der Waals surface area contributed by atoms with E-state index in [-0.39, 0.29) is 42.0 Å². The predicted molar refractivity (Wildman–Crippen MR) is 118 cm³/mol. The highest BCUT2D eigenvalue weighted by molar-refractivity contribution is 6.26. The van der Waals surface area contributed by atoms with E-state index in [1.54, 1.807) is 12.1 Å². The molecule has 2 aliphatic heterocycles. The lowest BCUT2D eigenvalue weighted by atomic mass is 10.0. The van der Waals surface area contributed by atoms with Crippen LogP contribution in [0.1, 0.15) is 78.5 Å². The van der Waals surface area contributed by atoms with Gasteiger partial charge in [0.1, 0.15) is 6.04 Å². The number of rotatable bonds is 11. The molecule has 1 saturated heterocycles. The van der Waals surface area contributed by atoms with Gasteiger partial charge in [0.2, 0.25) is 17.7 Å². The van der Waals surface area contributed by atoms with E-state index in [1.807, 2.05) is 0 Å². The summed E-state index contributed by atoms with van der Waals surface area (Å²) in [6.45, 7) is 0.502. The van der Waals surface area contributed by atoms with Crippen molar-refractivity contribution in [1.29, 1.82) is 0 Å². The molecule has 11 nitrogen and oxygen atoms in total. The van der Waals surface area contributed by atoms with Crippen molar-refractivity contribution >= 4 is 35.2 Å². The number of azide groups is 1. The van der Waals surface area contributed by atoms with Crippen molar-refractivity contribution in [2.24, 2.45) is 5.11 Å². The molecule has 3 rings (SSSR count). The average molecular weight is 454 g/mol. The highest BCUT2D eigenvalue weighted by Crippen LogP contribution is 2.32. The summed E-state index contributed by atoms with van der Waals surface area (Å²) in [6.07, 6.45) is 5.76. The van der Waals surface area contributed by atoms with Gasteiger partial charge < -0.3 is 5.32 Å². The van der Waals surface area contributed by atoms with Gasteiger partial charge in [-0.15, -0.1) is 0 Å². The molecule has 174 valence electrons. The minimum absolute atomic E-state index is 0.0429. The molecule has 1 fully saturated rings. The zero-order valence-corrected chi connectivity index (χ0v) is 18.2. The van der Waals surface area contributed by atoms with E-state index in [0.29, 0.717) is 13.0 Å². The number of carbonyl (C=O) groups is 5. The summed E-state index contributed by atoms with van der Waals surface area (Å²) < 4.78 is 0. The Morgan fingerprint density at radius 2 is 1.82 bits per heavy atom. The first-order chi connectivity index (χ1) is 15.9. The van der Waals surface area contributed by atoms with Crippen molar-refractivity contribution in [3.63, 3.8) is 0 Å². The van der Waals surface area contributed by atoms with Crippen LogP contribution in [0.4, 0.5) is 5.69 Å². The third-order valence-corrected chi connectivity index (χ3v) is 5.72. The number of carbonyl (C=O) groups excluding carboxylic acids is 5. The molecule has 2 N–H and O–H groups in total. The molecule has 0 bridgehead atoms. The van der Waals surface area contributed by atoms with Gasteiger partial charge in [0.25, 0.3) is 11.8 Å². The molecule has 0 aromatic heterocycles. The third-order valence-electron chi connectivity index (χ3n) is 5.72. The van der Waals surface area contributed by atoms with Crippen LogP contribution in [-0.2, 0) is 14.4 Å². The number of nitrogens with one attached hydrogen (secondary N) is 2. The fourth-order valence-corrected chi connectivity index (χ4v) is 4.05. The molecule has 1 unspecified atom stereocenters. The minimum Gasteiger partial charge on any atom is -0.325 e. The van der Waals surface area contributed by atoms with Crippen molar-refractivity contribution < 1.29 is 24.0 Å². The van der Waals surface area contributed by atoms with Gasteiger partial charge in [-0.25, -0.2) is 0 Å². The predicted octanol–water partition coefficient (Wildman–Crippen LogP) is 3.07. The first-order valence-electron chi connectivity index (χ1n) is 11.1. The zero-order valence-electron chi connectivity index (χ0n) is 18.2. The summed E-state index contributed by atoms with van der Waals surface area (Å²) >= 11 is 0. The Labute approximate surface area is 190 Å². The normalized spacial score (nSPS) is 17.5. The number of benzene rings is 1. The van der Waals surface area contributed by atoms with Gasteiger partial charge in [0.05, 0.1) is 16.8 Å². The summed E-state index contributed by atoms with van der Waals surface area (Å²) in [7, 11) is 0. The molecular formula is C22H26N6O5. The number of hydrogen-bond donors (Lipinski definition) is 2. The van der Waals surface area contributed by atoms with Gasteiger partial charge in [-0.3, -0.25) is 34.2 Å². The maximum atomic E-state index is 13.0. The van der Waals surface area contributed by atoms with Crippen LogP contribution in [0.15, 0.2) is 23.3 Å². The first kappa shape index (κ1) is 23.9. The smallest absolute Gasteiger partial charge is 0.264 e. The molecule has 2 aliphatic rings. The van der Waals surface area contributed by atoms with Crippen LogP contribution in [0.25, 0.3) is 10.4 Å². The third kappa shape index (κ3) is 5.75. The van der Waals surface area contributed by atoms with E-state index in [0.717, 1.165) is 37.0 Å². The highest BCUT2D eigenvalue weighted by atomic mass is 16.2. The number of hydrogen-bond acceptors (Lipinski definition) is 6. The molecule has 0 aliphatic carbocycles. The Bertz CT molecular complexity index is 1020. The lowest BCUT2D eigenvalue weighted by Crippen LogP contribution is -2.54. The van der Waals surface area contributed by atoms with Gasteiger partial charge in [-0.05, 0) is 36.9 Å². The Hall–Kier alpha value is -3.72. The van der Waals surface area contributed by atoms with E-state index in [1.165, 1.54) is 6.07 Å². The van der Waals surface area contributed by atoms with E-state index in [2.05, 4.69) is 20.7 Å². The Morgan fingerprint density at radius 1 is 1.09 bits per heavy atom. The number of amides is 5. The molecule has 11 heteroatoms. The van der Waals surface area contributed by atoms with E-state index in [4.69, 9.17) is 5.53 Å². The number of imide groups is 2. The number of piperidine rings is 1. The second kappa shape index (κ2) is 11.2. The molecule has 33 heavy (non-hydrogen) atoms. The van der Waals surface area contributed by atoms with Crippen LogP contribution in [-0.4, -0.2) is 47.0 Å². The molecule has 1 atom stereocenters. The minimum atomic E-state index is -1.05. The van der Waals surface area contributed by atoms with Gasteiger partial charge >= 0.3 is 0 Å². The number of anilines is 1. The van der Waals surface area contributed by atoms with Crippen molar-refractivity contribution in [2.45, 2.75) is 63.8 Å². The monoisotopic (exact) mass is 454 g/mol. The molecule has 1 aromatic carbocycles. The topological polar surface area (TPSA) is 161 Å². The maximum absolute atomic E-state index is 13.0. The SMILES string of the molecule is [N-]=[N+]=NCCCCCCCCC(=O)Nc1cccc2c1C(=O)N(C1CCC(=O)NC1=O)C2=O. The van der Waals surface area contributed by atoms with Gasteiger partial charge in [0.15, 0.2) is 0 Å². The van der Waals surface area contributed by atoms with E-state index < -0.39 is 29.7 Å². The van der Waals surface area contributed by atoms with E-state index >= 15 is 0 Å². The lowest BCUT2D eigenvalue weighted by Gasteiger charge is -2.27. The summed E-state index contributed by atoms with van der Waals surface area (Å²) in [5, 5.41) is 8.37. The molecule has 0 saturated carbocycles. The largest absolute Gasteiger partial charge is 0.325 e. The summed E-state index contributed by atoms with van der Waals surface area (Å²) in [5.74, 6) is -2.63. The summed E-state index contributed by atoms with van der Waals surface area (Å²) in [6, 6.07) is 3.56. The lowest BCUT2D eigenvalue weighted by molar-refractivity contribution is -0.136. The van der Waals surface area contributed by atoms with Crippen molar-refractivity contribution in [2.75, 3.05) is 11.9 Å². The van der Waals surface area contributed by atoms with Gasteiger partial charge in [-0.1, -0.05) is 36.9 Å². The van der Waals surface area contributed by atoms with Crippen LogP contribution in [0.5, 0.6) is 0 Å². The van der Waals surface area contributed by atoms with Crippen molar-refractivity contribution in [3.05, 3.63) is 39.8 Å². The van der Waals surface area contributed by atoms with Crippen LogP contribution in [0.2, 0.25) is 0 Å². The second-order valence-corrected chi connectivity index (χ2v) is 8.05. The molecule has 0 spiro atoms. The molecular weight excluding hydrogens is 428 g/mol. The van der Waals surface area contributed by atoms with Gasteiger partial charge in [0, 0.05) is 24.3 Å². The summed E-state index contributed by atoms with van der Waals surface area (Å²) in [4.78, 5) is 65.4. The zero-order chi connectivity index (χ0) is 23.8. The van der Waals surface area contributed by atoms with Crippen LogP contribution in [0, 0.1) is 0 Å². The summed E-state index contributed by atoms with van der Waals surface area (Å²) in [5.41, 5.74) is 8.66. The first-order valence-corrected chi connectivity index (χ1v) is 11.1. The Kier molecular flexibility index (Phi) is 8.15. The Morgan fingerprint density at radius 3 is 2.55 bits per heavy atom. The number of nitrogens with zero attached hydrogens (tertiary/aromatic N) is 4. The van der Waals surface area contributed by atoms with Crippen LogP contribution < -0.4 is 10.6 Å². The average Bonchev–Trinajstić information content (AvgIpc) is 3.04. The fourth-order valence-electron chi connectivity index (χ4n) is 4.05. The van der Waals surface area contributed by atoms with Crippen molar-refractivity contribution in [1.82, 2.24) is 10.2 Å². The molecule has 5 amide bonds. The standard InChI is InChI=1S/C22H26N6O5/c23-27-24-13-6-4-2-1-3-5-10-17(29)25-15-9-7-8-14-19(15)22(33)28(21(14)32)16-11-12-18(30)26-20(16)31/h7-9,16H,1-6,10-13H2,(H,25,29)(H,26,30,31). The quantitative estimate of drug-likeness (QED) is 0.172. The van der Waals surface area contributed by atoms with Crippen molar-refractivity contribution in [3.8, 4) is 0 Å². The second-order valence-electron chi connectivity index (χ2n) is 8.05. The molecule has 0 radical (unpaired) electrons. The van der Waals surface area contributed by atoms with E-state index in [9.17, 15) is 24.0 Å². The fraction of sp³-hybridized carbons (Fsp3) is 0.500. The van der Waals surface area contributed by atoms with Crippen LogP contribution >= 0.6 is 0 Å². The number of fused-ring (bicyclic) bond motifs is 1. The maximum Gasteiger partial charge on any atom is 0.264 e. The molecule has 2 heterocycles.